The highest BCUT2D eigenvalue weighted by molar-refractivity contribution is 7.90. The lowest BCUT2D eigenvalue weighted by molar-refractivity contribution is -0.144. The predicted molar refractivity (Wildman–Crippen MR) is 76.3 cm³/mol. The Morgan fingerprint density at radius 3 is 2.55 bits per heavy atom. The summed E-state index contributed by atoms with van der Waals surface area (Å²) in [6.45, 7) is 3.41. The minimum Gasteiger partial charge on any atom is -0.469 e. The van der Waals surface area contributed by atoms with E-state index in [0.29, 0.717) is 22.8 Å². The van der Waals surface area contributed by atoms with Crippen LogP contribution in [0.3, 0.4) is 0 Å². The summed E-state index contributed by atoms with van der Waals surface area (Å²) in [7, 11) is -0.589. The number of sulfone groups is 1. The van der Waals surface area contributed by atoms with Gasteiger partial charge < -0.3 is 4.74 Å². The molecule has 1 aromatic rings. The second-order valence-electron chi connectivity index (χ2n) is 4.66. The molecule has 0 saturated carbocycles. The van der Waals surface area contributed by atoms with Gasteiger partial charge >= 0.3 is 5.97 Å². The lowest BCUT2D eigenvalue weighted by Crippen LogP contribution is -2.24. The highest BCUT2D eigenvalue weighted by Gasteiger charge is 2.25. The Morgan fingerprint density at radius 1 is 1.50 bits per heavy atom. The van der Waals surface area contributed by atoms with Gasteiger partial charge in [-0.3, -0.25) is 9.48 Å². The summed E-state index contributed by atoms with van der Waals surface area (Å²) >= 11 is 6.12. The smallest absolute Gasteiger partial charge is 0.309 e. The Bertz CT molecular complexity index is 595. The first-order valence-corrected chi connectivity index (χ1v) is 8.40. The van der Waals surface area contributed by atoms with E-state index >= 15 is 0 Å². The first-order valence-electron chi connectivity index (χ1n) is 6.20. The summed E-state index contributed by atoms with van der Waals surface area (Å²) in [5.74, 6) is -1.76. The number of rotatable bonds is 6. The second kappa shape index (κ2) is 6.58. The molecule has 114 valence electrons. The van der Waals surface area contributed by atoms with Crippen LogP contribution in [0, 0.1) is 5.92 Å². The van der Waals surface area contributed by atoms with Crippen LogP contribution in [0.5, 0.6) is 0 Å². The molecule has 0 amide bonds. The average molecular weight is 323 g/mol. The quantitative estimate of drug-likeness (QED) is 0.739. The first kappa shape index (κ1) is 17.0. The highest BCUT2D eigenvalue weighted by atomic mass is 35.5. The molecule has 8 heteroatoms. The van der Waals surface area contributed by atoms with Crippen molar-refractivity contribution in [3.05, 3.63) is 16.4 Å². The molecule has 1 rings (SSSR count). The third kappa shape index (κ3) is 3.96. The molecule has 0 N–H and O–H groups in total. The number of hydrogen-bond donors (Lipinski definition) is 0. The molecule has 1 heterocycles. The SMILES string of the molecule is CCc1nn(C)c(CS(=O)(=O)CC(C)C(=O)OC)c1Cl. The van der Waals surface area contributed by atoms with Crippen LogP contribution in [0.2, 0.25) is 5.02 Å². The topological polar surface area (TPSA) is 78.3 Å². The van der Waals surface area contributed by atoms with Crippen LogP contribution in [-0.4, -0.2) is 37.0 Å². The van der Waals surface area contributed by atoms with E-state index < -0.39 is 21.7 Å². The molecular formula is C12H19ClN2O4S. The van der Waals surface area contributed by atoms with Crippen molar-refractivity contribution in [3.8, 4) is 0 Å². The summed E-state index contributed by atoms with van der Waals surface area (Å²) in [5, 5.41) is 4.55. The molecule has 6 nitrogen and oxygen atoms in total. The number of aryl methyl sites for hydroxylation is 2. The standard InChI is InChI=1S/C12H19ClN2O4S/c1-5-9-11(13)10(15(3)14-9)7-20(17,18)6-8(2)12(16)19-4/h8H,5-7H2,1-4H3. The summed E-state index contributed by atoms with van der Waals surface area (Å²) in [6.07, 6.45) is 0.630. The molecule has 0 aliphatic heterocycles. The molecule has 0 radical (unpaired) electrons. The zero-order chi connectivity index (χ0) is 15.5. The Kier molecular flexibility index (Phi) is 5.59. The fraction of sp³-hybridized carbons (Fsp3) is 0.667. The molecule has 0 spiro atoms. The van der Waals surface area contributed by atoms with Crippen molar-refractivity contribution in [2.24, 2.45) is 13.0 Å². The van der Waals surface area contributed by atoms with Gasteiger partial charge in [0.2, 0.25) is 0 Å². The number of esters is 1. The second-order valence-corrected chi connectivity index (χ2v) is 7.15. The minimum atomic E-state index is -3.47. The van der Waals surface area contributed by atoms with Crippen molar-refractivity contribution in [2.75, 3.05) is 12.9 Å². The van der Waals surface area contributed by atoms with Crippen LogP contribution in [-0.2, 0) is 38.6 Å². The average Bonchev–Trinajstić information content (AvgIpc) is 2.64. The van der Waals surface area contributed by atoms with Gasteiger partial charge in [-0.15, -0.1) is 0 Å². The summed E-state index contributed by atoms with van der Waals surface area (Å²) < 4.78 is 30.3. The zero-order valence-electron chi connectivity index (χ0n) is 12.0. The fourth-order valence-electron chi connectivity index (χ4n) is 1.89. The van der Waals surface area contributed by atoms with Gasteiger partial charge in [-0.2, -0.15) is 5.10 Å². The molecule has 1 atom stereocenters. The number of nitrogens with zero attached hydrogens (tertiary/aromatic N) is 2. The number of methoxy groups -OCH3 is 1. The van der Waals surface area contributed by atoms with Crippen molar-refractivity contribution in [1.82, 2.24) is 9.78 Å². The Hall–Kier alpha value is -1.08. The fourth-order valence-corrected chi connectivity index (χ4v) is 4.10. The van der Waals surface area contributed by atoms with Crippen molar-refractivity contribution in [1.29, 1.82) is 0 Å². The molecule has 0 fully saturated rings. The Labute approximate surface area is 124 Å². The van der Waals surface area contributed by atoms with Crippen molar-refractivity contribution in [3.63, 3.8) is 0 Å². The van der Waals surface area contributed by atoms with E-state index in [1.165, 1.54) is 18.7 Å². The highest BCUT2D eigenvalue weighted by Crippen LogP contribution is 2.23. The maximum absolute atomic E-state index is 12.1. The summed E-state index contributed by atoms with van der Waals surface area (Å²) in [6, 6.07) is 0. The van der Waals surface area contributed by atoms with Crippen molar-refractivity contribution in [2.45, 2.75) is 26.0 Å². The van der Waals surface area contributed by atoms with Crippen LogP contribution in [0.4, 0.5) is 0 Å². The lowest BCUT2D eigenvalue weighted by Gasteiger charge is -2.10. The molecule has 0 saturated heterocycles. The maximum atomic E-state index is 12.1. The van der Waals surface area contributed by atoms with Gasteiger partial charge in [0.05, 0.1) is 40.9 Å². The monoisotopic (exact) mass is 322 g/mol. The molecule has 0 aromatic carbocycles. The van der Waals surface area contributed by atoms with E-state index in [1.807, 2.05) is 6.92 Å². The van der Waals surface area contributed by atoms with Crippen molar-refractivity contribution < 1.29 is 17.9 Å². The number of halogens is 1. The summed E-state index contributed by atoms with van der Waals surface area (Å²) in [5.41, 5.74) is 1.11. The third-order valence-corrected chi connectivity index (χ3v) is 5.12. The van der Waals surface area contributed by atoms with E-state index in [2.05, 4.69) is 9.84 Å². The maximum Gasteiger partial charge on any atom is 0.309 e. The predicted octanol–water partition coefficient (Wildman–Crippen LogP) is 1.36. The Balaban J connectivity index is 2.92. The van der Waals surface area contributed by atoms with Gasteiger partial charge in [0.1, 0.15) is 0 Å². The molecule has 0 aliphatic rings. The van der Waals surface area contributed by atoms with E-state index in [0.717, 1.165) is 0 Å². The number of carbonyl (C=O) groups excluding carboxylic acids is 1. The van der Waals surface area contributed by atoms with Gasteiger partial charge in [-0.05, 0) is 6.42 Å². The number of aromatic nitrogens is 2. The molecule has 0 aliphatic carbocycles. The van der Waals surface area contributed by atoms with E-state index in [-0.39, 0.29) is 11.5 Å². The number of carbonyl (C=O) groups is 1. The van der Waals surface area contributed by atoms with E-state index in [1.54, 1.807) is 7.05 Å². The third-order valence-electron chi connectivity index (χ3n) is 2.97. The van der Waals surface area contributed by atoms with Gasteiger partial charge in [0.25, 0.3) is 0 Å². The van der Waals surface area contributed by atoms with Crippen molar-refractivity contribution >= 4 is 27.4 Å². The molecule has 20 heavy (non-hydrogen) atoms. The lowest BCUT2D eigenvalue weighted by atomic mass is 10.2. The van der Waals surface area contributed by atoms with Gasteiger partial charge in [0.15, 0.2) is 9.84 Å². The van der Waals surface area contributed by atoms with E-state index in [4.69, 9.17) is 11.6 Å². The molecular weight excluding hydrogens is 304 g/mol. The van der Waals surface area contributed by atoms with Gasteiger partial charge in [-0.1, -0.05) is 25.4 Å². The van der Waals surface area contributed by atoms with Crippen LogP contribution in [0.25, 0.3) is 0 Å². The number of hydrogen-bond acceptors (Lipinski definition) is 5. The molecule has 0 bridgehead atoms. The molecule has 1 aromatic heterocycles. The summed E-state index contributed by atoms with van der Waals surface area (Å²) in [4.78, 5) is 11.3. The number of ether oxygens (including phenoxy) is 1. The van der Waals surface area contributed by atoms with Crippen LogP contribution in [0.1, 0.15) is 25.2 Å². The van der Waals surface area contributed by atoms with Crippen LogP contribution in [0.15, 0.2) is 0 Å². The van der Waals surface area contributed by atoms with E-state index in [9.17, 15) is 13.2 Å². The largest absolute Gasteiger partial charge is 0.469 e. The van der Waals surface area contributed by atoms with Gasteiger partial charge in [0, 0.05) is 7.05 Å². The molecule has 1 unspecified atom stereocenters. The van der Waals surface area contributed by atoms with Crippen LogP contribution >= 0.6 is 11.6 Å². The van der Waals surface area contributed by atoms with Crippen LogP contribution < -0.4 is 0 Å². The first-order chi connectivity index (χ1) is 9.21. The zero-order valence-corrected chi connectivity index (χ0v) is 13.6. The van der Waals surface area contributed by atoms with Gasteiger partial charge in [-0.25, -0.2) is 8.42 Å². The Morgan fingerprint density at radius 2 is 2.10 bits per heavy atom. The normalized spacial score (nSPS) is 13.2. The minimum absolute atomic E-state index is 0.239.